The lowest BCUT2D eigenvalue weighted by atomic mass is 10.1. The van der Waals surface area contributed by atoms with Gasteiger partial charge in [0.2, 0.25) is 5.91 Å². The van der Waals surface area contributed by atoms with Crippen molar-refractivity contribution < 1.29 is 9.63 Å². The van der Waals surface area contributed by atoms with Crippen LogP contribution in [0.1, 0.15) is 5.56 Å². The quantitative estimate of drug-likeness (QED) is 0.853. The summed E-state index contributed by atoms with van der Waals surface area (Å²) in [6, 6.07) is 5.56. The van der Waals surface area contributed by atoms with Crippen LogP contribution >= 0.6 is 11.6 Å². The lowest BCUT2D eigenvalue weighted by Gasteiger charge is -2.12. The summed E-state index contributed by atoms with van der Waals surface area (Å²) in [5.74, 6) is -0.103. The SMILES string of the molecule is CON(C)C(=O)Cc1c[nH]c2ccc(Cl)cc12. The number of likely N-dealkylation sites (N-methyl/N-ethyl adjacent to an activating group) is 1. The van der Waals surface area contributed by atoms with Crippen molar-refractivity contribution in [2.75, 3.05) is 14.2 Å². The second kappa shape index (κ2) is 4.77. The van der Waals surface area contributed by atoms with Crippen LogP contribution in [-0.2, 0) is 16.1 Å². The van der Waals surface area contributed by atoms with Crippen molar-refractivity contribution in [2.45, 2.75) is 6.42 Å². The van der Waals surface area contributed by atoms with Crippen LogP contribution < -0.4 is 0 Å². The summed E-state index contributed by atoms with van der Waals surface area (Å²) in [7, 11) is 3.05. The highest BCUT2D eigenvalue weighted by molar-refractivity contribution is 6.31. The van der Waals surface area contributed by atoms with Crippen LogP contribution in [0, 0.1) is 0 Å². The topological polar surface area (TPSA) is 45.3 Å². The Morgan fingerprint density at radius 1 is 1.53 bits per heavy atom. The van der Waals surface area contributed by atoms with Crippen LogP contribution in [0.25, 0.3) is 10.9 Å². The van der Waals surface area contributed by atoms with Crippen LogP contribution in [0.3, 0.4) is 0 Å². The molecule has 0 aliphatic rings. The summed E-state index contributed by atoms with van der Waals surface area (Å²) >= 11 is 5.94. The van der Waals surface area contributed by atoms with Crippen LogP contribution in [0.15, 0.2) is 24.4 Å². The van der Waals surface area contributed by atoms with Gasteiger partial charge in [-0.2, -0.15) is 0 Å². The number of carbonyl (C=O) groups excluding carboxylic acids is 1. The molecule has 0 aliphatic heterocycles. The number of H-pyrrole nitrogens is 1. The molecule has 1 aromatic carbocycles. The Balaban J connectivity index is 2.30. The number of halogens is 1. The molecule has 0 spiro atoms. The molecule has 1 heterocycles. The smallest absolute Gasteiger partial charge is 0.250 e. The van der Waals surface area contributed by atoms with E-state index in [1.165, 1.54) is 12.2 Å². The van der Waals surface area contributed by atoms with Gasteiger partial charge in [-0.15, -0.1) is 0 Å². The van der Waals surface area contributed by atoms with Gasteiger partial charge in [0.25, 0.3) is 0 Å². The zero-order chi connectivity index (χ0) is 12.4. The maximum absolute atomic E-state index is 11.7. The van der Waals surface area contributed by atoms with Gasteiger partial charge in [0, 0.05) is 29.2 Å². The van der Waals surface area contributed by atoms with E-state index in [4.69, 9.17) is 16.4 Å². The van der Waals surface area contributed by atoms with Gasteiger partial charge in [-0.3, -0.25) is 9.63 Å². The number of hydrogen-bond acceptors (Lipinski definition) is 2. The maximum Gasteiger partial charge on any atom is 0.250 e. The van der Waals surface area contributed by atoms with E-state index in [-0.39, 0.29) is 12.3 Å². The minimum atomic E-state index is -0.103. The number of benzene rings is 1. The number of aromatic nitrogens is 1. The average molecular weight is 253 g/mol. The molecule has 2 aromatic rings. The number of fused-ring (bicyclic) bond motifs is 1. The Hall–Kier alpha value is -1.52. The number of hydrogen-bond donors (Lipinski definition) is 1. The van der Waals surface area contributed by atoms with Gasteiger partial charge in [0.1, 0.15) is 0 Å². The summed E-state index contributed by atoms with van der Waals surface area (Å²) in [4.78, 5) is 19.7. The summed E-state index contributed by atoms with van der Waals surface area (Å²) < 4.78 is 0. The molecule has 0 bridgehead atoms. The highest BCUT2D eigenvalue weighted by Gasteiger charge is 2.12. The van der Waals surface area contributed by atoms with Crippen LogP contribution in [0.2, 0.25) is 5.02 Å². The number of amides is 1. The molecule has 90 valence electrons. The fourth-order valence-corrected chi connectivity index (χ4v) is 1.85. The molecular weight excluding hydrogens is 240 g/mol. The van der Waals surface area contributed by atoms with Gasteiger partial charge in [-0.05, 0) is 23.8 Å². The second-order valence-electron chi connectivity index (χ2n) is 3.75. The monoisotopic (exact) mass is 252 g/mol. The molecule has 5 heteroatoms. The molecule has 0 saturated heterocycles. The first kappa shape index (κ1) is 12.0. The van der Waals surface area contributed by atoms with E-state index < -0.39 is 0 Å². The Morgan fingerprint density at radius 2 is 2.29 bits per heavy atom. The van der Waals surface area contributed by atoms with Crippen LogP contribution in [-0.4, -0.2) is 30.1 Å². The van der Waals surface area contributed by atoms with Crippen molar-refractivity contribution >= 4 is 28.4 Å². The first-order chi connectivity index (χ1) is 8.11. The third-order valence-electron chi connectivity index (χ3n) is 2.70. The molecule has 0 fully saturated rings. The van der Waals surface area contributed by atoms with Gasteiger partial charge >= 0.3 is 0 Å². The van der Waals surface area contributed by atoms with Crippen molar-refractivity contribution in [3.8, 4) is 0 Å². The molecular formula is C12H13ClN2O2. The third kappa shape index (κ3) is 2.43. The summed E-state index contributed by atoms with van der Waals surface area (Å²) in [6.07, 6.45) is 2.10. The Labute approximate surface area is 104 Å². The largest absolute Gasteiger partial charge is 0.361 e. The molecule has 0 aliphatic carbocycles. The number of carbonyl (C=O) groups is 1. The van der Waals surface area contributed by atoms with E-state index in [9.17, 15) is 4.79 Å². The first-order valence-corrected chi connectivity index (χ1v) is 5.56. The van der Waals surface area contributed by atoms with E-state index in [0.717, 1.165) is 16.5 Å². The van der Waals surface area contributed by atoms with Crippen molar-refractivity contribution in [1.82, 2.24) is 10.0 Å². The van der Waals surface area contributed by atoms with Gasteiger partial charge < -0.3 is 4.98 Å². The third-order valence-corrected chi connectivity index (χ3v) is 2.93. The maximum atomic E-state index is 11.7. The van der Waals surface area contributed by atoms with E-state index >= 15 is 0 Å². The molecule has 4 nitrogen and oxygen atoms in total. The molecule has 0 saturated carbocycles. The summed E-state index contributed by atoms with van der Waals surface area (Å²) in [6.45, 7) is 0. The average Bonchev–Trinajstić information content (AvgIpc) is 2.71. The fourth-order valence-electron chi connectivity index (χ4n) is 1.67. The zero-order valence-corrected chi connectivity index (χ0v) is 10.4. The molecule has 0 radical (unpaired) electrons. The normalized spacial score (nSPS) is 10.8. The molecule has 1 aromatic heterocycles. The number of nitrogens with one attached hydrogen (secondary N) is 1. The number of nitrogens with zero attached hydrogens (tertiary/aromatic N) is 1. The molecule has 0 atom stereocenters. The van der Waals surface area contributed by atoms with E-state index in [1.54, 1.807) is 7.05 Å². The lowest BCUT2D eigenvalue weighted by Crippen LogP contribution is -2.26. The van der Waals surface area contributed by atoms with Gasteiger partial charge in [0.15, 0.2) is 0 Å². The van der Waals surface area contributed by atoms with Gasteiger partial charge in [0.05, 0.1) is 13.5 Å². The summed E-state index contributed by atoms with van der Waals surface area (Å²) in [5, 5.41) is 2.84. The fraction of sp³-hybridized carbons (Fsp3) is 0.250. The molecule has 2 rings (SSSR count). The highest BCUT2D eigenvalue weighted by Crippen LogP contribution is 2.22. The van der Waals surface area contributed by atoms with E-state index in [2.05, 4.69) is 4.98 Å². The lowest BCUT2D eigenvalue weighted by molar-refractivity contribution is -0.167. The minimum absolute atomic E-state index is 0.103. The standard InChI is InChI=1S/C12H13ClN2O2/c1-15(17-2)12(16)5-8-7-14-11-4-3-9(13)6-10(8)11/h3-4,6-7,14H,5H2,1-2H3. The molecule has 0 unspecified atom stereocenters. The Morgan fingerprint density at radius 3 is 3.00 bits per heavy atom. The predicted octanol–water partition coefficient (Wildman–Crippen LogP) is 2.38. The highest BCUT2D eigenvalue weighted by atomic mass is 35.5. The molecule has 1 amide bonds. The Bertz CT molecular complexity index is 550. The van der Waals surface area contributed by atoms with E-state index in [1.807, 2.05) is 24.4 Å². The molecule has 17 heavy (non-hydrogen) atoms. The second-order valence-corrected chi connectivity index (χ2v) is 4.19. The minimum Gasteiger partial charge on any atom is -0.361 e. The number of hydroxylamine groups is 2. The van der Waals surface area contributed by atoms with Crippen LogP contribution in [0.5, 0.6) is 0 Å². The van der Waals surface area contributed by atoms with Crippen molar-refractivity contribution in [1.29, 1.82) is 0 Å². The zero-order valence-electron chi connectivity index (χ0n) is 9.66. The Kier molecular flexibility index (Phi) is 3.36. The first-order valence-electron chi connectivity index (χ1n) is 5.18. The van der Waals surface area contributed by atoms with E-state index in [0.29, 0.717) is 5.02 Å². The predicted molar refractivity (Wildman–Crippen MR) is 66.8 cm³/mol. The van der Waals surface area contributed by atoms with Gasteiger partial charge in [-0.1, -0.05) is 11.6 Å². The van der Waals surface area contributed by atoms with Crippen molar-refractivity contribution in [2.24, 2.45) is 0 Å². The summed E-state index contributed by atoms with van der Waals surface area (Å²) in [5.41, 5.74) is 1.88. The van der Waals surface area contributed by atoms with Crippen LogP contribution in [0.4, 0.5) is 0 Å². The number of rotatable bonds is 3. The number of aromatic amines is 1. The van der Waals surface area contributed by atoms with Crippen molar-refractivity contribution in [3.63, 3.8) is 0 Å². The van der Waals surface area contributed by atoms with Crippen molar-refractivity contribution in [3.05, 3.63) is 35.0 Å². The van der Waals surface area contributed by atoms with Gasteiger partial charge in [-0.25, -0.2) is 5.06 Å². The molecule has 1 N–H and O–H groups in total.